The summed E-state index contributed by atoms with van der Waals surface area (Å²) in [5.74, 6) is 0.868. The van der Waals surface area contributed by atoms with E-state index in [1.54, 1.807) is 6.20 Å². The van der Waals surface area contributed by atoms with Crippen molar-refractivity contribution in [2.45, 2.75) is 76.2 Å². The molecule has 0 unspecified atom stereocenters. The molecule has 1 saturated heterocycles. The number of likely N-dealkylation sites (tertiary alicyclic amines) is 1. The minimum atomic E-state index is -1.15. The number of ether oxygens (including phenoxy) is 1. The third kappa shape index (κ3) is 5.55. The summed E-state index contributed by atoms with van der Waals surface area (Å²) in [5.41, 5.74) is 1.17. The monoisotopic (exact) mass is 423 g/mol. The highest BCUT2D eigenvalue weighted by atomic mass is 32.2. The minimum absolute atomic E-state index is 0.0155. The van der Waals surface area contributed by atoms with Crippen molar-refractivity contribution >= 4 is 23.3 Å². The Kier molecular flexibility index (Phi) is 7.29. The summed E-state index contributed by atoms with van der Waals surface area (Å²) in [7, 11) is 0. The highest BCUT2D eigenvalue weighted by Gasteiger charge is 2.41. The Balaban J connectivity index is 1.51. The summed E-state index contributed by atoms with van der Waals surface area (Å²) in [5, 5.41) is 9.02. The first kappa shape index (κ1) is 22.2. The van der Waals surface area contributed by atoms with Crippen LogP contribution in [0, 0.1) is 0 Å². The lowest BCUT2D eigenvalue weighted by Crippen LogP contribution is -2.51. The van der Waals surface area contributed by atoms with E-state index in [2.05, 4.69) is 11.1 Å². The van der Waals surface area contributed by atoms with Crippen LogP contribution in [0.3, 0.4) is 0 Å². The fourth-order valence-electron chi connectivity index (χ4n) is 3.98. The van der Waals surface area contributed by atoms with Crippen molar-refractivity contribution < 1.29 is 19.2 Å². The zero-order valence-corrected chi connectivity index (χ0v) is 18.5. The van der Waals surface area contributed by atoms with Crippen LogP contribution in [0.4, 0.5) is 10.6 Å². The standard InChI is InChI=1S/C21H33N3O4S/c1-21(2,3)29(27)24-17(10-9-16-7-6-12-22-19(16)24)8-4-5-14-28-18-11-13-23(15-18)20(25)26/h6-7,12,17-18H,4-5,8-11,13-15H2,1-3H3,(H,25,26)/t17-,18-,29-/m1/s1. The number of carboxylic acid groups (broad SMARTS) is 1. The summed E-state index contributed by atoms with van der Waals surface area (Å²) >= 11 is -1.15. The molecule has 2 aliphatic rings. The number of fused-ring (bicyclic) bond motifs is 1. The molecule has 1 aromatic heterocycles. The molecule has 2 aliphatic heterocycles. The van der Waals surface area contributed by atoms with Gasteiger partial charge in [0.1, 0.15) is 4.75 Å². The third-order valence-electron chi connectivity index (χ3n) is 5.56. The van der Waals surface area contributed by atoms with Crippen molar-refractivity contribution in [3.8, 4) is 0 Å². The SMILES string of the molecule is CC(C)(C)[S@@+]([O-])N1c2ncccc2CC[C@H]1CCCCO[C@@H]1CCN(C(=O)O)C1. The number of hydrogen-bond acceptors (Lipinski definition) is 5. The van der Waals surface area contributed by atoms with Crippen molar-refractivity contribution in [2.24, 2.45) is 0 Å². The molecule has 162 valence electrons. The van der Waals surface area contributed by atoms with Gasteiger partial charge in [-0.2, -0.15) is 4.31 Å². The second kappa shape index (κ2) is 9.53. The van der Waals surface area contributed by atoms with Crippen molar-refractivity contribution in [3.05, 3.63) is 23.9 Å². The molecule has 0 aromatic carbocycles. The van der Waals surface area contributed by atoms with Crippen LogP contribution in [0.1, 0.15) is 58.4 Å². The van der Waals surface area contributed by atoms with Gasteiger partial charge < -0.3 is 19.3 Å². The van der Waals surface area contributed by atoms with E-state index < -0.39 is 17.5 Å². The second-order valence-corrected chi connectivity index (χ2v) is 11.0. The average Bonchev–Trinajstić information content (AvgIpc) is 3.15. The smallest absolute Gasteiger partial charge is 0.407 e. The van der Waals surface area contributed by atoms with E-state index in [4.69, 9.17) is 9.84 Å². The van der Waals surface area contributed by atoms with Crippen LogP contribution in [0.15, 0.2) is 18.3 Å². The fourth-order valence-corrected chi connectivity index (χ4v) is 5.37. The molecule has 3 heterocycles. The predicted octanol–water partition coefficient (Wildman–Crippen LogP) is 3.60. The number of carbonyl (C=O) groups is 1. The minimum Gasteiger partial charge on any atom is -0.592 e. The zero-order valence-electron chi connectivity index (χ0n) is 17.7. The maximum Gasteiger partial charge on any atom is 0.407 e. The molecule has 8 heteroatoms. The summed E-state index contributed by atoms with van der Waals surface area (Å²) in [6, 6.07) is 4.25. The molecule has 0 saturated carbocycles. The Bertz CT molecular complexity index is 697. The van der Waals surface area contributed by atoms with Gasteiger partial charge >= 0.3 is 6.09 Å². The number of aryl methyl sites for hydroxylation is 1. The Morgan fingerprint density at radius 3 is 2.86 bits per heavy atom. The second-order valence-electron chi connectivity index (χ2n) is 8.87. The molecule has 1 aromatic rings. The van der Waals surface area contributed by atoms with Gasteiger partial charge in [0.25, 0.3) is 0 Å². The molecule has 7 nitrogen and oxygen atoms in total. The zero-order chi connectivity index (χ0) is 21.0. The normalized spacial score (nSPS) is 23.2. The topological polar surface area (TPSA) is 89.0 Å². The van der Waals surface area contributed by atoms with E-state index in [1.807, 2.05) is 31.1 Å². The molecule has 29 heavy (non-hydrogen) atoms. The van der Waals surface area contributed by atoms with Gasteiger partial charge in [0, 0.05) is 19.3 Å². The van der Waals surface area contributed by atoms with Crippen molar-refractivity contribution in [2.75, 3.05) is 24.0 Å². The van der Waals surface area contributed by atoms with E-state index in [1.165, 1.54) is 10.5 Å². The quantitative estimate of drug-likeness (QED) is 0.532. The summed E-state index contributed by atoms with van der Waals surface area (Å²) < 4.78 is 20.8. The summed E-state index contributed by atoms with van der Waals surface area (Å²) in [4.78, 5) is 17.0. The largest absolute Gasteiger partial charge is 0.592 e. The first-order valence-electron chi connectivity index (χ1n) is 10.5. The molecule has 3 atom stereocenters. The molecule has 1 amide bonds. The lowest BCUT2D eigenvalue weighted by molar-refractivity contribution is 0.0558. The average molecular weight is 424 g/mol. The molecule has 1 N–H and O–H groups in total. The van der Waals surface area contributed by atoms with Crippen LogP contribution in [0.25, 0.3) is 0 Å². The number of hydrogen-bond donors (Lipinski definition) is 1. The van der Waals surface area contributed by atoms with E-state index in [-0.39, 0.29) is 16.9 Å². The number of rotatable bonds is 7. The molecular weight excluding hydrogens is 390 g/mol. The lowest BCUT2D eigenvalue weighted by Gasteiger charge is -2.41. The predicted molar refractivity (Wildman–Crippen MR) is 115 cm³/mol. The van der Waals surface area contributed by atoms with Crippen LogP contribution in [-0.2, 0) is 22.5 Å². The Hall–Kier alpha value is -1.51. The first-order valence-corrected chi connectivity index (χ1v) is 11.6. The number of aromatic nitrogens is 1. The Labute approximate surface area is 176 Å². The number of pyridine rings is 1. The van der Waals surface area contributed by atoms with Gasteiger partial charge in [-0.05, 0) is 70.9 Å². The van der Waals surface area contributed by atoms with Gasteiger partial charge in [0.15, 0.2) is 5.82 Å². The molecule has 0 aliphatic carbocycles. The maximum absolute atomic E-state index is 13.3. The van der Waals surface area contributed by atoms with Gasteiger partial charge in [0.2, 0.25) is 0 Å². The number of nitrogens with zero attached hydrogens (tertiary/aromatic N) is 3. The van der Waals surface area contributed by atoms with Gasteiger partial charge in [-0.1, -0.05) is 6.07 Å². The number of anilines is 1. The fraction of sp³-hybridized carbons (Fsp3) is 0.714. The molecule has 0 radical (unpaired) electrons. The molecule has 3 rings (SSSR count). The van der Waals surface area contributed by atoms with E-state index in [9.17, 15) is 9.35 Å². The molecular formula is C21H33N3O4S. The van der Waals surface area contributed by atoms with Gasteiger partial charge in [-0.25, -0.2) is 9.78 Å². The number of amides is 1. The Morgan fingerprint density at radius 2 is 2.17 bits per heavy atom. The highest BCUT2D eigenvalue weighted by molar-refractivity contribution is 7.94. The lowest BCUT2D eigenvalue weighted by atomic mass is 9.97. The summed E-state index contributed by atoms with van der Waals surface area (Å²) in [6.07, 6.45) is 6.51. The highest BCUT2D eigenvalue weighted by Crippen LogP contribution is 2.36. The van der Waals surface area contributed by atoms with Crippen molar-refractivity contribution in [3.63, 3.8) is 0 Å². The molecule has 0 spiro atoms. The van der Waals surface area contributed by atoms with Crippen LogP contribution >= 0.6 is 0 Å². The Morgan fingerprint density at radius 1 is 1.38 bits per heavy atom. The van der Waals surface area contributed by atoms with Gasteiger partial charge in [0.05, 0.1) is 30.1 Å². The third-order valence-corrected chi connectivity index (χ3v) is 7.43. The van der Waals surface area contributed by atoms with Crippen LogP contribution in [0.5, 0.6) is 0 Å². The maximum atomic E-state index is 13.3. The van der Waals surface area contributed by atoms with Crippen molar-refractivity contribution in [1.82, 2.24) is 9.88 Å². The molecule has 1 fully saturated rings. The van der Waals surface area contributed by atoms with Crippen molar-refractivity contribution in [1.29, 1.82) is 0 Å². The first-order chi connectivity index (χ1) is 13.8. The van der Waals surface area contributed by atoms with E-state index >= 15 is 0 Å². The van der Waals surface area contributed by atoms with Crippen LogP contribution in [-0.4, -0.2) is 62.2 Å². The van der Waals surface area contributed by atoms with E-state index in [0.717, 1.165) is 44.3 Å². The summed E-state index contributed by atoms with van der Waals surface area (Å²) in [6.45, 7) is 7.69. The van der Waals surface area contributed by atoms with Gasteiger partial charge in [-0.3, -0.25) is 0 Å². The van der Waals surface area contributed by atoms with E-state index in [0.29, 0.717) is 19.7 Å². The van der Waals surface area contributed by atoms with Gasteiger partial charge in [-0.15, -0.1) is 0 Å². The number of unbranched alkanes of at least 4 members (excludes halogenated alkanes) is 1. The van der Waals surface area contributed by atoms with Crippen LogP contribution in [0.2, 0.25) is 0 Å². The van der Waals surface area contributed by atoms with Crippen LogP contribution < -0.4 is 4.31 Å². The molecule has 0 bridgehead atoms.